The summed E-state index contributed by atoms with van der Waals surface area (Å²) >= 11 is 0. The van der Waals surface area contributed by atoms with Crippen LogP contribution in [0.3, 0.4) is 0 Å². The van der Waals surface area contributed by atoms with E-state index in [0.29, 0.717) is 32.1 Å². The summed E-state index contributed by atoms with van der Waals surface area (Å²) in [5.41, 5.74) is 5.98. The summed E-state index contributed by atoms with van der Waals surface area (Å²) in [5, 5.41) is 12.4. The minimum absolute atomic E-state index is 0.249. The summed E-state index contributed by atoms with van der Waals surface area (Å²) in [7, 11) is 1.40. The number of amides is 1. The van der Waals surface area contributed by atoms with Gasteiger partial charge in [-0.1, -0.05) is 24.3 Å². The fraction of sp³-hybridized carbons (Fsp3) is 0.333. The lowest BCUT2D eigenvalue weighted by molar-refractivity contribution is -0.139. The van der Waals surface area contributed by atoms with Crippen LogP contribution in [0.4, 0.5) is 22.1 Å². The second-order valence-electron chi connectivity index (χ2n) is 8.77. The number of aromatic nitrogens is 2. The summed E-state index contributed by atoms with van der Waals surface area (Å²) in [6.07, 6.45) is 2.70. The van der Waals surface area contributed by atoms with Gasteiger partial charge in [-0.3, -0.25) is 4.79 Å². The van der Waals surface area contributed by atoms with E-state index in [-0.39, 0.29) is 12.4 Å². The van der Waals surface area contributed by atoms with E-state index < -0.39 is 6.09 Å². The molecule has 0 unspecified atom stereocenters. The van der Waals surface area contributed by atoms with Gasteiger partial charge in [0.05, 0.1) is 13.5 Å². The standard InChI is InChI=1S/C27H31N5O4/c1-19-18-28-26(30-24(19)12-7-20-5-3-4-6-21(20)17-25(33)36-2)29-22-8-10-23(11-9-22)31-13-15-32(16-14-31)27(34)35/h3-6,8-11,18H,7,12-17H2,1-2H3,(H,34,35)(H,28,29,30). The number of esters is 1. The van der Waals surface area contributed by atoms with Crippen molar-refractivity contribution in [3.8, 4) is 0 Å². The average Bonchev–Trinajstić information content (AvgIpc) is 2.90. The third-order valence-corrected chi connectivity index (χ3v) is 6.43. The average molecular weight is 490 g/mol. The van der Waals surface area contributed by atoms with Crippen molar-refractivity contribution in [2.75, 3.05) is 43.5 Å². The van der Waals surface area contributed by atoms with Crippen LogP contribution in [-0.4, -0.2) is 65.3 Å². The minimum atomic E-state index is -0.864. The molecule has 0 atom stereocenters. The van der Waals surface area contributed by atoms with Crippen LogP contribution in [0.25, 0.3) is 0 Å². The molecule has 9 nitrogen and oxygen atoms in total. The summed E-state index contributed by atoms with van der Waals surface area (Å²) in [5.74, 6) is 0.280. The van der Waals surface area contributed by atoms with Crippen molar-refractivity contribution in [3.05, 3.63) is 77.1 Å². The third kappa shape index (κ3) is 6.29. The molecule has 188 valence electrons. The Hall–Kier alpha value is -4.14. The van der Waals surface area contributed by atoms with Gasteiger partial charge in [0.15, 0.2) is 0 Å². The van der Waals surface area contributed by atoms with E-state index >= 15 is 0 Å². The lowest BCUT2D eigenvalue weighted by Gasteiger charge is -2.34. The first-order valence-corrected chi connectivity index (χ1v) is 12.0. The van der Waals surface area contributed by atoms with Crippen molar-refractivity contribution in [3.63, 3.8) is 0 Å². The van der Waals surface area contributed by atoms with Crippen LogP contribution >= 0.6 is 0 Å². The highest BCUT2D eigenvalue weighted by atomic mass is 16.5. The maximum Gasteiger partial charge on any atom is 0.407 e. The fourth-order valence-electron chi connectivity index (χ4n) is 4.29. The molecule has 0 bridgehead atoms. The molecule has 9 heteroatoms. The normalized spacial score (nSPS) is 13.4. The maximum absolute atomic E-state index is 11.8. The number of nitrogens with one attached hydrogen (secondary N) is 1. The van der Waals surface area contributed by atoms with Crippen LogP contribution < -0.4 is 10.2 Å². The van der Waals surface area contributed by atoms with Crippen LogP contribution in [0.5, 0.6) is 0 Å². The van der Waals surface area contributed by atoms with Crippen molar-refractivity contribution in [2.24, 2.45) is 0 Å². The highest BCUT2D eigenvalue weighted by Crippen LogP contribution is 2.22. The van der Waals surface area contributed by atoms with Gasteiger partial charge in [-0.15, -0.1) is 0 Å². The van der Waals surface area contributed by atoms with E-state index in [1.807, 2.05) is 61.7 Å². The number of piperazine rings is 1. The molecule has 0 radical (unpaired) electrons. The monoisotopic (exact) mass is 489 g/mol. The third-order valence-electron chi connectivity index (χ3n) is 6.43. The zero-order valence-electron chi connectivity index (χ0n) is 20.6. The Morgan fingerprint density at radius 3 is 2.36 bits per heavy atom. The Morgan fingerprint density at radius 2 is 1.69 bits per heavy atom. The second kappa shape index (κ2) is 11.5. The van der Waals surface area contributed by atoms with Gasteiger partial charge in [-0.2, -0.15) is 0 Å². The van der Waals surface area contributed by atoms with E-state index in [9.17, 15) is 9.59 Å². The van der Waals surface area contributed by atoms with Gasteiger partial charge in [-0.05, 0) is 60.7 Å². The Morgan fingerprint density at radius 1 is 1.00 bits per heavy atom. The van der Waals surface area contributed by atoms with Crippen molar-refractivity contribution in [2.45, 2.75) is 26.2 Å². The molecule has 3 aromatic rings. The molecule has 2 aromatic carbocycles. The number of rotatable bonds is 8. The minimum Gasteiger partial charge on any atom is -0.469 e. The lowest BCUT2D eigenvalue weighted by Crippen LogP contribution is -2.48. The molecular formula is C27H31N5O4. The van der Waals surface area contributed by atoms with Crippen molar-refractivity contribution >= 4 is 29.4 Å². The molecule has 1 saturated heterocycles. The molecular weight excluding hydrogens is 458 g/mol. The number of ether oxygens (including phenoxy) is 1. The number of carboxylic acid groups (broad SMARTS) is 1. The fourth-order valence-corrected chi connectivity index (χ4v) is 4.29. The van der Waals surface area contributed by atoms with E-state index in [4.69, 9.17) is 14.8 Å². The van der Waals surface area contributed by atoms with Gasteiger partial charge in [0, 0.05) is 49.4 Å². The molecule has 1 fully saturated rings. The predicted molar refractivity (Wildman–Crippen MR) is 138 cm³/mol. The summed E-state index contributed by atoms with van der Waals surface area (Å²) < 4.78 is 4.82. The summed E-state index contributed by atoms with van der Waals surface area (Å²) in [6.45, 7) is 4.35. The summed E-state index contributed by atoms with van der Waals surface area (Å²) in [4.78, 5) is 35.7. The number of nitrogens with zero attached hydrogens (tertiary/aromatic N) is 4. The predicted octanol–water partition coefficient (Wildman–Crippen LogP) is 3.83. The molecule has 1 aromatic heterocycles. The lowest BCUT2D eigenvalue weighted by atomic mass is 9.99. The smallest absolute Gasteiger partial charge is 0.407 e. The molecule has 1 aliphatic heterocycles. The number of aryl methyl sites for hydroxylation is 3. The molecule has 2 N–H and O–H groups in total. The number of carbonyl (C=O) groups excluding carboxylic acids is 1. The molecule has 36 heavy (non-hydrogen) atoms. The van der Waals surface area contributed by atoms with Crippen LogP contribution in [0, 0.1) is 6.92 Å². The van der Waals surface area contributed by atoms with Crippen LogP contribution in [0.2, 0.25) is 0 Å². The van der Waals surface area contributed by atoms with Gasteiger partial charge in [0.25, 0.3) is 0 Å². The van der Waals surface area contributed by atoms with E-state index in [0.717, 1.165) is 46.6 Å². The SMILES string of the molecule is COC(=O)Cc1ccccc1CCc1nc(Nc2ccc(N3CCN(C(=O)O)CC3)cc2)ncc1C. The molecule has 1 aliphatic rings. The van der Waals surface area contributed by atoms with Gasteiger partial charge in [-0.25, -0.2) is 14.8 Å². The molecule has 2 heterocycles. The Labute approximate surface area is 210 Å². The molecule has 0 spiro atoms. The number of methoxy groups -OCH3 is 1. The van der Waals surface area contributed by atoms with Gasteiger partial charge in [0.2, 0.25) is 5.95 Å². The number of anilines is 3. The molecule has 1 amide bonds. The zero-order valence-corrected chi connectivity index (χ0v) is 20.6. The number of hydrogen-bond donors (Lipinski definition) is 2. The van der Waals surface area contributed by atoms with Crippen LogP contribution in [-0.2, 0) is 28.8 Å². The first-order chi connectivity index (χ1) is 17.4. The topological polar surface area (TPSA) is 108 Å². The highest BCUT2D eigenvalue weighted by molar-refractivity contribution is 5.73. The second-order valence-corrected chi connectivity index (χ2v) is 8.77. The van der Waals surface area contributed by atoms with Gasteiger partial charge in [0.1, 0.15) is 0 Å². The van der Waals surface area contributed by atoms with Gasteiger partial charge >= 0.3 is 12.1 Å². The number of hydrogen-bond acceptors (Lipinski definition) is 7. The first kappa shape index (κ1) is 25.0. The Bertz CT molecular complexity index is 1210. The summed E-state index contributed by atoms with van der Waals surface area (Å²) in [6, 6.07) is 15.9. The molecule has 4 rings (SSSR count). The van der Waals surface area contributed by atoms with Gasteiger partial charge < -0.3 is 25.0 Å². The quantitative estimate of drug-likeness (QED) is 0.460. The first-order valence-electron chi connectivity index (χ1n) is 12.0. The number of carbonyl (C=O) groups is 2. The Balaban J connectivity index is 1.38. The molecule has 0 saturated carbocycles. The van der Waals surface area contributed by atoms with Crippen molar-refractivity contribution < 1.29 is 19.4 Å². The van der Waals surface area contributed by atoms with E-state index in [1.165, 1.54) is 12.0 Å². The van der Waals surface area contributed by atoms with Crippen LogP contribution in [0.15, 0.2) is 54.7 Å². The van der Waals surface area contributed by atoms with E-state index in [1.54, 1.807) is 0 Å². The van der Waals surface area contributed by atoms with E-state index in [2.05, 4.69) is 15.2 Å². The molecule has 0 aliphatic carbocycles. The maximum atomic E-state index is 11.8. The van der Waals surface area contributed by atoms with Crippen molar-refractivity contribution in [1.29, 1.82) is 0 Å². The van der Waals surface area contributed by atoms with Crippen LogP contribution in [0.1, 0.15) is 22.4 Å². The Kier molecular flexibility index (Phi) is 7.99. The zero-order chi connectivity index (χ0) is 25.5. The largest absolute Gasteiger partial charge is 0.469 e. The highest BCUT2D eigenvalue weighted by Gasteiger charge is 2.20. The van der Waals surface area contributed by atoms with Crippen molar-refractivity contribution in [1.82, 2.24) is 14.9 Å². The number of benzene rings is 2.